The van der Waals surface area contributed by atoms with Crippen LogP contribution >= 0.6 is 0 Å². The number of Topliss-reactive ketones (excluding diaryl/α,β-unsaturated/α-hetero) is 1. The molecule has 0 radical (unpaired) electrons. The molecule has 140 valence electrons. The second kappa shape index (κ2) is 6.09. The Morgan fingerprint density at radius 3 is 2.56 bits per heavy atom. The molecule has 0 heterocycles. The largest absolute Gasteiger partial charge is 0.462 e. The van der Waals surface area contributed by atoms with E-state index in [1.165, 1.54) is 32.1 Å². The molecule has 0 unspecified atom stereocenters. The molecule has 4 fully saturated rings. The Labute approximate surface area is 152 Å². The van der Waals surface area contributed by atoms with E-state index in [1.807, 2.05) is 6.92 Å². The van der Waals surface area contributed by atoms with Crippen LogP contribution in [0.5, 0.6) is 0 Å². The minimum Gasteiger partial charge on any atom is -0.462 e. The zero-order valence-electron chi connectivity index (χ0n) is 16.2. The van der Waals surface area contributed by atoms with Crippen LogP contribution in [-0.2, 0) is 14.3 Å². The third-order valence-corrected chi connectivity index (χ3v) is 8.96. The van der Waals surface area contributed by atoms with Crippen LogP contribution in [0.15, 0.2) is 0 Å². The van der Waals surface area contributed by atoms with Crippen molar-refractivity contribution in [2.24, 2.45) is 34.5 Å². The van der Waals surface area contributed by atoms with E-state index in [4.69, 9.17) is 4.74 Å². The Bertz CT molecular complexity index is 570. The number of hydrogen-bond acceptors (Lipinski definition) is 3. The van der Waals surface area contributed by atoms with Crippen LogP contribution in [0.1, 0.15) is 85.0 Å². The highest BCUT2D eigenvalue weighted by Gasteiger charge is 2.61. The first-order valence-corrected chi connectivity index (χ1v) is 10.6. The van der Waals surface area contributed by atoms with Crippen LogP contribution < -0.4 is 0 Å². The van der Waals surface area contributed by atoms with Crippen molar-refractivity contribution in [3.63, 3.8) is 0 Å². The highest BCUT2D eigenvalue weighted by atomic mass is 16.5. The van der Waals surface area contributed by atoms with Gasteiger partial charge in [0.05, 0.1) is 0 Å². The average Bonchev–Trinajstić information content (AvgIpc) is 2.92. The fraction of sp³-hybridized carbons (Fsp3) is 0.909. The van der Waals surface area contributed by atoms with Gasteiger partial charge in [-0.15, -0.1) is 0 Å². The molecule has 4 saturated carbocycles. The maximum Gasteiger partial charge on any atom is 0.305 e. The Hall–Kier alpha value is -0.860. The fourth-order valence-corrected chi connectivity index (χ4v) is 7.43. The van der Waals surface area contributed by atoms with Crippen molar-refractivity contribution in [1.29, 1.82) is 0 Å². The van der Waals surface area contributed by atoms with Gasteiger partial charge in [-0.2, -0.15) is 0 Å². The SMILES string of the molecule is CCC(=O)O[C@@H]1CC[C@H]2[C@@H]3CC[C@H]4CC(=O)CC[C@]4(C)[C@H]3CC[C@]12C. The van der Waals surface area contributed by atoms with Crippen LogP contribution in [0.3, 0.4) is 0 Å². The standard InChI is InChI=1S/C22H34O3/c1-4-20(24)25-19-8-7-17-16-6-5-14-13-15(23)9-11-21(14,2)18(16)10-12-22(17,19)3/h14,16-19H,4-13H2,1-3H3/t14-,16-,17-,18-,19+,21-,22-/m0/s1. The predicted octanol–water partition coefficient (Wildman–Crippen LogP) is 4.92. The number of esters is 1. The molecule has 0 amide bonds. The van der Waals surface area contributed by atoms with E-state index in [-0.39, 0.29) is 17.5 Å². The smallest absolute Gasteiger partial charge is 0.305 e. The quantitative estimate of drug-likeness (QED) is 0.667. The minimum absolute atomic E-state index is 0.0320. The lowest BCUT2D eigenvalue weighted by molar-refractivity contribution is -0.163. The van der Waals surface area contributed by atoms with Gasteiger partial charge in [0.15, 0.2) is 0 Å². The van der Waals surface area contributed by atoms with Gasteiger partial charge in [0.25, 0.3) is 0 Å². The van der Waals surface area contributed by atoms with Crippen molar-refractivity contribution < 1.29 is 14.3 Å². The molecule has 0 aromatic heterocycles. The van der Waals surface area contributed by atoms with E-state index < -0.39 is 0 Å². The zero-order chi connectivity index (χ0) is 17.8. The molecule has 3 nitrogen and oxygen atoms in total. The molecule has 0 aromatic rings. The third kappa shape index (κ3) is 2.59. The molecule has 0 bridgehead atoms. The van der Waals surface area contributed by atoms with Crippen LogP contribution in [-0.4, -0.2) is 17.9 Å². The second-order valence-corrected chi connectivity index (χ2v) is 9.85. The summed E-state index contributed by atoms with van der Waals surface area (Å²) < 4.78 is 5.87. The van der Waals surface area contributed by atoms with Crippen molar-refractivity contribution in [2.45, 2.75) is 91.1 Å². The second-order valence-electron chi connectivity index (χ2n) is 9.85. The molecule has 7 atom stereocenters. The summed E-state index contributed by atoms with van der Waals surface area (Å²) in [6.07, 6.45) is 10.6. The number of carbonyl (C=O) groups excluding carboxylic acids is 2. The maximum absolute atomic E-state index is 12.0. The molecule has 4 aliphatic rings. The molecule has 25 heavy (non-hydrogen) atoms. The summed E-state index contributed by atoms with van der Waals surface area (Å²) in [5.41, 5.74) is 0.552. The van der Waals surface area contributed by atoms with Crippen molar-refractivity contribution in [3.8, 4) is 0 Å². The Kier molecular flexibility index (Phi) is 4.28. The van der Waals surface area contributed by atoms with Crippen molar-refractivity contribution >= 4 is 11.8 Å². The molecular weight excluding hydrogens is 312 g/mol. The topological polar surface area (TPSA) is 43.4 Å². The number of ether oxygens (including phenoxy) is 1. The predicted molar refractivity (Wildman–Crippen MR) is 96.9 cm³/mol. The molecule has 0 spiro atoms. The van der Waals surface area contributed by atoms with Gasteiger partial charge in [0.2, 0.25) is 0 Å². The molecule has 3 heteroatoms. The summed E-state index contributed by atoms with van der Waals surface area (Å²) in [6, 6.07) is 0. The van der Waals surface area contributed by atoms with Gasteiger partial charge in [-0.1, -0.05) is 20.8 Å². The van der Waals surface area contributed by atoms with E-state index in [0.29, 0.717) is 29.5 Å². The molecule has 0 saturated heterocycles. The zero-order valence-corrected chi connectivity index (χ0v) is 16.2. The number of carbonyl (C=O) groups is 2. The lowest BCUT2D eigenvalue weighted by Gasteiger charge is -2.60. The van der Waals surface area contributed by atoms with Crippen molar-refractivity contribution in [3.05, 3.63) is 0 Å². The average molecular weight is 347 g/mol. The molecule has 0 N–H and O–H groups in total. The van der Waals surface area contributed by atoms with Gasteiger partial charge in [-0.25, -0.2) is 0 Å². The summed E-state index contributed by atoms with van der Waals surface area (Å²) in [5.74, 6) is 3.34. The lowest BCUT2D eigenvalue weighted by atomic mass is 9.45. The van der Waals surface area contributed by atoms with Gasteiger partial charge < -0.3 is 4.74 Å². The third-order valence-electron chi connectivity index (χ3n) is 8.96. The highest BCUT2D eigenvalue weighted by Crippen LogP contribution is 2.66. The number of ketones is 1. The van der Waals surface area contributed by atoms with E-state index in [9.17, 15) is 9.59 Å². The van der Waals surface area contributed by atoms with E-state index in [1.54, 1.807) is 0 Å². The van der Waals surface area contributed by atoms with Gasteiger partial charge in [-0.05, 0) is 74.0 Å². The molecular formula is C22H34O3. The van der Waals surface area contributed by atoms with E-state index >= 15 is 0 Å². The normalized spacial score (nSPS) is 49.1. The molecule has 0 aromatic carbocycles. The highest BCUT2D eigenvalue weighted by molar-refractivity contribution is 5.79. The van der Waals surface area contributed by atoms with Gasteiger partial charge >= 0.3 is 5.97 Å². The number of rotatable bonds is 2. The van der Waals surface area contributed by atoms with Crippen molar-refractivity contribution in [2.75, 3.05) is 0 Å². The van der Waals surface area contributed by atoms with Gasteiger partial charge in [0, 0.05) is 24.7 Å². The number of hydrogen-bond donors (Lipinski definition) is 0. The summed E-state index contributed by atoms with van der Waals surface area (Å²) in [5, 5.41) is 0. The lowest BCUT2D eigenvalue weighted by Crippen LogP contribution is -2.54. The Morgan fingerprint density at radius 1 is 1.04 bits per heavy atom. The van der Waals surface area contributed by atoms with Crippen molar-refractivity contribution in [1.82, 2.24) is 0 Å². The first-order valence-electron chi connectivity index (χ1n) is 10.6. The Balaban J connectivity index is 1.56. The molecule has 4 rings (SSSR count). The van der Waals surface area contributed by atoms with Crippen LogP contribution in [0.4, 0.5) is 0 Å². The summed E-state index contributed by atoms with van der Waals surface area (Å²) in [6.45, 7) is 6.78. The Morgan fingerprint density at radius 2 is 1.80 bits per heavy atom. The first-order chi connectivity index (χ1) is 11.9. The van der Waals surface area contributed by atoms with E-state index in [2.05, 4.69) is 13.8 Å². The fourth-order valence-electron chi connectivity index (χ4n) is 7.43. The van der Waals surface area contributed by atoms with Crippen LogP contribution in [0.25, 0.3) is 0 Å². The van der Waals surface area contributed by atoms with Crippen LogP contribution in [0.2, 0.25) is 0 Å². The van der Waals surface area contributed by atoms with Gasteiger partial charge in [0.1, 0.15) is 11.9 Å². The molecule has 4 aliphatic carbocycles. The first kappa shape index (κ1) is 17.5. The van der Waals surface area contributed by atoms with Crippen LogP contribution in [0, 0.1) is 34.5 Å². The summed E-state index contributed by atoms with van der Waals surface area (Å²) in [4.78, 5) is 23.9. The maximum atomic E-state index is 12.0. The minimum atomic E-state index is -0.0320. The number of fused-ring (bicyclic) bond motifs is 5. The van der Waals surface area contributed by atoms with Gasteiger partial charge in [-0.3, -0.25) is 9.59 Å². The monoisotopic (exact) mass is 346 g/mol. The molecule has 0 aliphatic heterocycles. The summed E-state index contributed by atoms with van der Waals surface area (Å²) >= 11 is 0. The summed E-state index contributed by atoms with van der Waals surface area (Å²) in [7, 11) is 0. The van der Waals surface area contributed by atoms with E-state index in [0.717, 1.165) is 37.5 Å².